The maximum absolute atomic E-state index is 6.52. The monoisotopic (exact) mass is 756 g/mol. The normalized spacial score (nSPS) is 13.1. The lowest BCUT2D eigenvalue weighted by molar-refractivity contribution is 0.666. The number of para-hydroxylation sites is 1. The molecule has 0 amide bonds. The summed E-state index contributed by atoms with van der Waals surface area (Å²) in [7, 11) is 0. The van der Waals surface area contributed by atoms with Crippen LogP contribution in [0.3, 0.4) is 0 Å². The topological polar surface area (TPSA) is 56.7 Å². The molecule has 0 radical (unpaired) electrons. The molecular weight excluding hydrogens is 721 g/mol. The molecule has 1 aliphatic rings. The lowest BCUT2D eigenvalue weighted by Gasteiger charge is -2.22. The maximum Gasteiger partial charge on any atom is 0.164 e. The van der Waals surface area contributed by atoms with E-state index in [1.807, 2.05) is 36.4 Å². The fourth-order valence-electron chi connectivity index (χ4n) is 9.47. The van der Waals surface area contributed by atoms with Crippen LogP contribution in [0.2, 0.25) is 0 Å². The van der Waals surface area contributed by atoms with Gasteiger partial charge in [0.2, 0.25) is 0 Å². The molecule has 3 heterocycles. The first-order valence-corrected chi connectivity index (χ1v) is 20.1. The predicted octanol–water partition coefficient (Wildman–Crippen LogP) is 13.8. The molecule has 0 bridgehead atoms. The average Bonchev–Trinajstić information content (AvgIpc) is 3.91. The van der Waals surface area contributed by atoms with Crippen molar-refractivity contribution in [3.8, 4) is 62.1 Å². The highest BCUT2D eigenvalue weighted by Crippen LogP contribution is 2.53. The summed E-state index contributed by atoms with van der Waals surface area (Å²) in [5, 5.41) is 4.68. The van der Waals surface area contributed by atoms with Gasteiger partial charge in [-0.25, -0.2) is 15.0 Å². The first-order valence-electron chi connectivity index (χ1n) is 20.1. The first-order chi connectivity index (χ1) is 29.0. The van der Waals surface area contributed by atoms with E-state index in [1.165, 1.54) is 38.5 Å². The Kier molecular flexibility index (Phi) is 7.20. The minimum atomic E-state index is -0.145. The number of furan rings is 1. The number of benzene rings is 8. The molecule has 0 saturated heterocycles. The molecule has 0 saturated carbocycles. The molecule has 0 N–H and O–H groups in total. The number of rotatable bonds is 5. The van der Waals surface area contributed by atoms with Crippen molar-refractivity contribution in [2.24, 2.45) is 0 Å². The van der Waals surface area contributed by atoms with Crippen molar-refractivity contribution >= 4 is 43.7 Å². The number of aromatic nitrogens is 4. The number of hydrogen-bond acceptors (Lipinski definition) is 4. The quantitative estimate of drug-likeness (QED) is 0.175. The number of fused-ring (bicyclic) bond motifs is 10. The van der Waals surface area contributed by atoms with E-state index in [1.54, 1.807) is 0 Å². The van der Waals surface area contributed by atoms with Gasteiger partial charge in [-0.1, -0.05) is 147 Å². The summed E-state index contributed by atoms with van der Waals surface area (Å²) in [6.45, 7) is 4.72. The zero-order valence-corrected chi connectivity index (χ0v) is 32.5. The second-order valence-electron chi connectivity index (χ2n) is 16.0. The molecule has 8 aromatic carbocycles. The third kappa shape index (κ3) is 5.14. The van der Waals surface area contributed by atoms with Crippen molar-refractivity contribution < 1.29 is 4.42 Å². The Morgan fingerprint density at radius 2 is 1.02 bits per heavy atom. The fourth-order valence-corrected chi connectivity index (χ4v) is 9.47. The summed E-state index contributed by atoms with van der Waals surface area (Å²) < 4.78 is 8.91. The summed E-state index contributed by atoms with van der Waals surface area (Å²) >= 11 is 0. The Balaban J connectivity index is 1.01. The van der Waals surface area contributed by atoms with Gasteiger partial charge in [0, 0.05) is 49.3 Å². The van der Waals surface area contributed by atoms with Gasteiger partial charge in [-0.3, -0.25) is 0 Å². The van der Waals surface area contributed by atoms with Gasteiger partial charge in [-0.05, 0) is 81.9 Å². The van der Waals surface area contributed by atoms with Crippen LogP contribution < -0.4 is 0 Å². The Labute approximate surface area is 340 Å². The van der Waals surface area contributed by atoms with E-state index in [0.29, 0.717) is 17.5 Å². The summed E-state index contributed by atoms with van der Waals surface area (Å²) in [4.78, 5) is 15.4. The van der Waals surface area contributed by atoms with E-state index in [9.17, 15) is 0 Å². The van der Waals surface area contributed by atoms with Crippen LogP contribution in [0.15, 0.2) is 186 Å². The highest BCUT2D eigenvalue weighted by atomic mass is 16.3. The molecule has 59 heavy (non-hydrogen) atoms. The maximum atomic E-state index is 6.52. The molecule has 278 valence electrons. The zero-order valence-electron chi connectivity index (χ0n) is 32.5. The molecule has 0 unspecified atom stereocenters. The van der Waals surface area contributed by atoms with Crippen LogP contribution in [0.1, 0.15) is 25.0 Å². The van der Waals surface area contributed by atoms with E-state index in [-0.39, 0.29) is 5.41 Å². The molecule has 1 aliphatic carbocycles. The van der Waals surface area contributed by atoms with Gasteiger partial charge in [-0.15, -0.1) is 0 Å². The van der Waals surface area contributed by atoms with Crippen LogP contribution in [0, 0.1) is 0 Å². The molecule has 5 nitrogen and oxygen atoms in total. The largest absolute Gasteiger partial charge is 0.456 e. The second-order valence-corrected chi connectivity index (χ2v) is 16.0. The molecule has 5 heteroatoms. The molecular formula is C54H36N4O. The lowest BCUT2D eigenvalue weighted by atomic mass is 9.80. The minimum absolute atomic E-state index is 0.145. The van der Waals surface area contributed by atoms with Crippen molar-refractivity contribution in [2.75, 3.05) is 0 Å². The SMILES string of the molecule is CC1(C)c2ccccc2-c2ccc3c(c21)c1ccccc1n3-c1cccc(-c2nc(-c3ccccc3)nc(-c3ccc4c(c3)oc3cc(-c5ccccc5)ccc34)n2)c1. The molecule has 0 fully saturated rings. The third-order valence-corrected chi connectivity index (χ3v) is 12.2. The van der Waals surface area contributed by atoms with Gasteiger partial charge in [0.15, 0.2) is 17.5 Å². The zero-order chi connectivity index (χ0) is 39.2. The molecule has 0 atom stereocenters. The van der Waals surface area contributed by atoms with Crippen LogP contribution in [0.5, 0.6) is 0 Å². The van der Waals surface area contributed by atoms with Crippen molar-refractivity contribution in [2.45, 2.75) is 19.3 Å². The van der Waals surface area contributed by atoms with Gasteiger partial charge in [0.05, 0.1) is 11.0 Å². The highest BCUT2D eigenvalue weighted by Gasteiger charge is 2.38. The molecule has 0 spiro atoms. The predicted molar refractivity (Wildman–Crippen MR) is 241 cm³/mol. The molecule has 0 aliphatic heterocycles. The second kappa shape index (κ2) is 12.7. The molecule has 11 aromatic rings. The summed E-state index contributed by atoms with van der Waals surface area (Å²) in [5.41, 5.74) is 15.2. The fraction of sp³-hybridized carbons (Fsp3) is 0.0556. The number of nitrogens with zero attached hydrogens (tertiary/aromatic N) is 4. The van der Waals surface area contributed by atoms with Gasteiger partial charge in [-0.2, -0.15) is 0 Å². The summed E-state index contributed by atoms with van der Waals surface area (Å²) in [6, 6.07) is 64.0. The van der Waals surface area contributed by atoms with Crippen LogP contribution in [-0.2, 0) is 5.41 Å². The van der Waals surface area contributed by atoms with E-state index >= 15 is 0 Å². The van der Waals surface area contributed by atoms with Crippen molar-refractivity contribution in [1.82, 2.24) is 19.5 Å². The van der Waals surface area contributed by atoms with Crippen LogP contribution in [0.4, 0.5) is 0 Å². The van der Waals surface area contributed by atoms with Gasteiger partial charge < -0.3 is 8.98 Å². The van der Waals surface area contributed by atoms with Crippen molar-refractivity contribution in [1.29, 1.82) is 0 Å². The third-order valence-electron chi connectivity index (χ3n) is 12.2. The minimum Gasteiger partial charge on any atom is -0.456 e. The van der Waals surface area contributed by atoms with E-state index in [4.69, 9.17) is 19.4 Å². The average molecular weight is 757 g/mol. The standard InChI is InChI=1S/C54H36N4O/c1-54(2)44-22-11-9-20-39(44)42-28-29-46-49(50(42)54)43-21-10-12-23-45(43)58(46)38-19-13-18-36(30-38)52-55-51(34-16-7-4-8-17-34)56-53(57-52)37-25-27-41-40-26-24-35(33-14-5-3-6-15-33)31-47(40)59-48(41)32-37/h3-32H,1-2H3. The van der Waals surface area contributed by atoms with Crippen molar-refractivity contribution in [3.63, 3.8) is 0 Å². The number of hydrogen-bond donors (Lipinski definition) is 0. The first kappa shape index (κ1) is 33.5. The van der Waals surface area contributed by atoms with E-state index in [0.717, 1.165) is 61.0 Å². The molecule has 12 rings (SSSR count). The highest BCUT2D eigenvalue weighted by molar-refractivity contribution is 6.14. The Hall–Kier alpha value is -7.63. The van der Waals surface area contributed by atoms with E-state index in [2.05, 4.69) is 164 Å². The van der Waals surface area contributed by atoms with Crippen LogP contribution in [0.25, 0.3) is 106 Å². The van der Waals surface area contributed by atoms with Gasteiger partial charge in [0.25, 0.3) is 0 Å². The summed E-state index contributed by atoms with van der Waals surface area (Å²) in [6.07, 6.45) is 0. The van der Waals surface area contributed by atoms with Crippen molar-refractivity contribution in [3.05, 3.63) is 193 Å². The molecule has 3 aromatic heterocycles. The Morgan fingerprint density at radius 1 is 0.424 bits per heavy atom. The Bertz CT molecular complexity index is 3470. The van der Waals surface area contributed by atoms with Crippen LogP contribution >= 0.6 is 0 Å². The summed E-state index contributed by atoms with van der Waals surface area (Å²) in [5.74, 6) is 1.80. The van der Waals surface area contributed by atoms with Gasteiger partial charge >= 0.3 is 0 Å². The smallest absolute Gasteiger partial charge is 0.164 e. The van der Waals surface area contributed by atoms with E-state index < -0.39 is 0 Å². The Morgan fingerprint density at radius 3 is 1.78 bits per heavy atom. The van der Waals surface area contributed by atoms with Gasteiger partial charge in [0.1, 0.15) is 11.2 Å². The lowest BCUT2D eigenvalue weighted by Crippen LogP contribution is -2.15. The van der Waals surface area contributed by atoms with Crippen LogP contribution in [-0.4, -0.2) is 19.5 Å².